The Bertz CT molecular complexity index is 947. The number of nitrogens with zero attached hydrogens (tertiary/aromatic N) is 4. The van der Waals surface area contributed by atoms with Crippen LogP contribution in [0, 0.1) is 0 Å². The number of aliphatic imine (C=N–C) groups is 2. The van der Waals surface area contributed by atoms with E-state index in [0.717, 1.165) is 50.9 Å². The summed E-state index contributed by atoms with van der Waals surface area (Å²) >= 11 is 0. The minimum atomic E-state index is -3.50. The van der Waals surface area contributed by atoms with Crippen molar-refractivity contribution in [1.82, 2.24) is 0 Å². The molecule has 29 heavy (non-hydrogen) atoms. The minimum absolute atomic E-state index is 0.144. The maximum absolute atomic E-state index is 12.6. The Balaban J connectivity index is 1.87. The summed E-state index contributed by atoms with van der Waals surface area (Å²) in [6.07, 6.45) is 5.75. The summed E-state index contributed by atoms with van der Waals surface area (Å²) in [4.78, 5) is 13.0. The largest absolute Gasteiger partial charge is 0.378 e. The average molecular weight is 421 g/mol. The number of hydrogen-bond acceptors (Lipinski definition) is 9. The van der Waals surface area contributed by atoms with Crippen molar-refractivity contribution in [3.63, 3.8) is 0 Å². The summed E-state index contributed by atoms with van der Waals surface area (Å²) in [5.41, 5.74) is 13.0. The van der Waals surface area contributed by atoms with Crippen molar-refractivity contribution >= 4 is 33.1 Å². The van der Waals surface area contributed by atoms with Crippen molar-refractivity contribution in [2.75, 3.05) is 42.4 Å². The SMILES string of the molecule is CS(=O)(=O)c1ccc(N2CCOCC2)cc1N1C(N)=NC(N)=NC12CCCCC2. The predicted molar refractivity (Wildman–Crippen MR) is 114 cm³/mol. The second-order valence-electron chi connectivity index (χ2n) is 7.84. The van der Waals surface area contributed by atoms with Crippen LogP contribution in [0.1, 0.15) is 32.1 Å². The fourth-order valence-corrected chi connectivity index (χ4v) is 5.33. The molecule has 1 saturated heterocycles. The van der Waals surface area contributed by atoms with Gasteiger partial charge in [0.15, 0.2) is 9.84 Å². The number of hydrogen-bond donors (Lipinski definition) is 2. The van der Waals surface area contributed by atoms with Crippen molar-refractivity contribution in [2.45, 2.75) is 42.7 Å². The molecular formula is C19H28N6O3S. The molecule has 3 aliphatic rings. The van der Waals surface area contributed by atoms with E-state index in [4.69, 9.17) is 16.2 Å². The molecule has 0 unspecified atom stereocenters. The van der Waals surface area contributed by atoms with Crippen LogP contribution in [-0.2, 0) is 14.6 Å². The first kappa shape index (κ1) is 20.0. The molecule has 1 spiro atoms. The van der Waals surface area contributed by atoms with E-state index in [2.05, 4.69) is 14.9 Å². The standard InChI is InChI=1S/C19H28N6O3S/c1-29(26,27)16-6-5-14(24-9-11-28-12-10-24)13-15(16)25-18(21)22-17(20)23-19(25)7-3-2-4-8-19/h5-6,13H,2-4,7-12H2,1H3,(H4,20,21,22,23). The molecule has 10 heteroatoms. The predicted octanol–water partition coefficient (Wildman–Crippen LogP) is 1.04. The molecule has 9 nitrogen and oxygen atoms in total. The molecule has 0 bridgehead atoms. The highest BCUT2D eigenvalue weighted by Crippen LogP contribution is 2.42. The summed E-state index contributed by atoms with van der Waals surface area (Å²) in [5, 5.41) is 0. The van der Waals surface area contributed by atoms with Gasteiger partial charge in [0.2, 0.25) is 11.9 Å². The van der Waals surface area contributed by atoms with E-state index in [9.17, 15) is 8.42 Å². The van der Waals surface area contributed by atoms with E-state index in [1.165, 1.54) is 6.26 Å². The highest BCUT2D eigenvalue weighted by Gasteiger charge is 2.44. The first-order valence-electron chi connectivity index (χ1n) is 9.97. The van der Waals surface area contributed by atoms with Gasteiger partial charge in [-0.2, -0.15) is 4.99 Å². The Labute approximate surface area is 171 Å². The lowest BCUT2D eigenvalue weighted by atomic mass is 9.87. The summed E-state index contributed by atoms with van der Waals surface area (Å²) in [6, 6.07) is 5.38. The number of anilines is 2. The van der Waals surface area contributed by atoms with E-state index >= 15 is 0 Å². The summed E-state index contributed by atoms with van der Waals surface area (Å²) in [5.74, 6) is 0.328. The van der Waals surface area contributed by atoms with Crippen LogP contribution < -0.4 is 21.3 Å². The zero-order valence-corrected chi connectivity index (χ0v) is 17.5. The van der Waals surface area contributed by atoms with Gasteiger partial charge in [0.25, 0.3) is 0 Å². The van der Waals surface area contributed by atoms with E-state index in [1.807, 2.05) is 12.1 Å². The van der Waals surface area contributed by atoms with Crippen LogP contribution in [0.2, 0.25) is 0 Å². The lowest BCUT2D eigenvalue weighted by Gasteiger charge is -2.46. The normalized spacial score (nSPS) is 22.4. The minimum Gasteiger partial charge on any atom is -0.378 e. The molecule has 1 saturated carbocycles. The molecule has 0 atom stereocenters. The zero-order chi connectivity index (χ0) is 20.6. The number of benzene rings is 1. The molecular weight excluding hydrogens is 392 g/mol. The van der Waals surface area contributed by atoms with Crippen LogP contribution in [0.25, 0.3) is 0 Å². The lowest BCUT2D eigenvalue weighted by molar-refractivity contribution is 0.122. The first-order valence-corrected chi connectivity index (χ1v) is 11.9. The Morgan fingerprint density at radius 1 is 1.10 bits per heavy atom. The molecule has 4 N–H and O–H groups in total. The van der Waals surface area contributed by atoms with Crippen molar-refractivity contribution in [1.29, 1.82) is 0 Å². The van der Waals surface area contributed by atoms with Crippen molar-refractivity contribution < 1.29 is 13.2 Å². The van der Waals surface area contributed by atoms with Gasteiger partial charge in [0, 0.05) is 25.0 Å². The van der Waals surface area contributed by atoms with Crippen molar-refractivity contribution in [3.05, 3.63) is 18.2 Å². The van der Waals surface area contributed by atoms with Gasteiger partial charge >= 0.3 is 0 Å². The molecule has 2 heterocycles. The maximum atomic E-state index is 12.6. The Morgan fingerprint density at radius 2 is 1.79 bits per heavy atom. The Hall–Kier alpha value is -2.33. The fraction of sp³-hybridized carbons (Fsp3) is 0.579. The number of morpholine rings is 1. The second kappa shape index (κ2) is 7.49. The van der Waals surface area contributed by atoms with Crippen molar-refractivity contribution in [2.24, 2.45) is 21.5 Å². The molecule has 0 radical (unpaired) electrons. The summed E-state index contributed by atoms with van der Waals surface area (Å²) < 4.78 is 30.7. The second-order valence-corrected chi connectivity index (χ2v) is 9.83. The molecule has 0 aromatic heterocycles. The highest BCUT2D eigenvalue weighted by atomic mass is 32.2. The van der Waals surface area contributed by atoms with Gasteiger partial charge in [-0.05, 0) is 43.9 Å². The third kappa shape index (κ3) is 3.78. The van der Waals surface area contributed by atoms with Gasteiger partial charge in [0.1, 0.15) is 5.66 Å². The van der Waals surface area contributed by atoms with Crippen LogP contribution in [0.5, 0.6) is 0 Å². The molecule has 1 aromatic carbocycles. The molecule has 158 valence electrons. The molecule has 2 fully saturated rings. The van der Waals surface area contributed by atoms with Gasteiger partial charge in [0.05, 0.1) is 23.8 Å². The highest BCUT2D eigenvalue weighted by molar-refractivity contribution is 7.90. The van der Waals surface area contributed by atoms with Crippen molar-refractivity contribution in [3.8, 4) is 0 Å². The molecule has 1 aromatic rings. The van der Waals surface area contributed by atoms with Crippen LogP contribution in [-0.4, -0.2) is 58.6 Å². The molecule has 2 aliphatic heterocycles. The van der Waals surface area contributed by atoms with Crippen LogP contribution in [0.4, 0.5) is 11.4 Å². The number of ether oxygens (including phenoxy) is 1. The number of nitrogens with two attached hydrogens (primary N) is 2. The number of rotatable bonds is 3. The van der Waals surface area contributed by atoms with E-state index in [1.54, 1.807) is 11.0 Å². The van der Waals surface area contributed by atoms with E-state index in [0.29, 0.717) is 18.9 Å². The van der Waals surface area contributed by atoms with Gasteiger partial charge in [-0.1, -0.05) is 6.42 Å². The number of sulfone groups is 1. The van der Waals surface area contributed by atoms with Crippen LogP contribution >= 0.6 is 0 Å². The van der Waals surface area contributed by atoms with E-state index < -0.39 is 15.5 Å². The lowest BCUT2D eigenvalue weighted by Crippen LogP contribution is -2.58. The van der Waals surface area contributed by atoms with Gasteiger partial charge in [-0.25, -0.2) is 13.4 Å². The topological polar surface area (TPSA) is 127 Å². The van der Waals surface area contributed by atoms with E-state index in [-0.39, 0.29) is 16.8 Å². The maximum Gasteiger partial charge on any atom is 0.220 e. The zero-order valence-electron chi connectivity index (χ0n) is 16.7. The molecule has 1 aliphatic carbocycles. The smallest absolute Gasteiger partial charge is 0.220 e. The molecule has 4 rings (SSSR count). The van der Waals surface area contributed by atoms with Gasteiger partial charge in [-0.15, -0.1) is 0 Å². The van der Waals surface area contributed by atoms with Gasteiger partial charge in [-0.3, -0.25) is 4.90 Å². The summed E-state index contributed by atoms with van der Waals surface area (Å²) in [7, 11) is -3.50. The third-order valence-electron chi connectivity index (χ3n) is 5.81. The van der Waals surface area contributed by atoms with Crippen LogP contribution in [0.15, 0.2) is 33.1 Å². The fourth-order valence-electron chi connectivity index (χ4n) is 4.48. The molecule has 0 amide bonds. The quantitative estimate of drug-likeness (QED) is 0.748. The average Bonchev–Trinajstić information content (AvgIpc) is 2.67. The van der Waals surface area contributed by atoms with Crippen LogP contribution in [0.3, 0.4) is 0 Å². The Morgan fingerprint density at radius 3 is 2.45 bits per heavy atom. The monoisotopic (exact) mass is 420 g/mol. The van der Waals surface area contributed by atoms with Gasteiger partial charge < -0.3 is 21.1 Å². The summed E-state index contributed by atoms with van der Waals surface area (Å²) in [6.45, 7) is 2.78. The Kier molecular flexibility index (Phi) is 5.16. The number of guanidine groups is 2. The first-order chi connectivity index (χ1) is 13.8. The third-order valence-corrected chi connectivity index (χ3v) is 6.95.